The Morgan fingerprint density at radius 3 is 2.71 bits per heavy atom. The van der Waals surface area contributed by atoms with Crippen molar-refractivity contribution in [2.75, 3.05) is 23.3 Å². The summed E-state index contributed by atoms with van der Waals surface area (Å²) in [6.45, 7) is 2.49. The lowest BCUT2D eigenvalue weighted by molar-refractivity contribution is 0.427. The molecule has 2 N–H and O–H groups in total. The molecule has 0 aliphatic carbocycles. The molecule has 4 nitrogen and oxygen atoms in total. The van der Waals surface area contributed by atoms with Gasteiger partial charge >= 0.3 is 0 Å². The number of para-hydroxylation sites is 1. The van der Waals surface area contributed by atoms with Crippen molar-refractivity contribution in [3.05, 3.63) is 47.9 Å². The van der Waals surface area contributed by atoms with Crippen LogP contribution in [0.5, 0.6) is 5.75 Å². The molecule has 1 aromatic heterocycles. The number of halogens is 1. The fourth-order valence-electron chi connectivity index (χ4n) is 2.52. The zero-order chi connectivity index (χ0) is 14.7. The van der Waals surface area contributed by atoms with Crippen LogP contribution in [0.1, 0.15) is 18.4 Å². The Hall–Kier alpha value is -2.30. The number of rotatable bonds is 4. The molecule has 0 radical (unpaired) electrons. The van der Waals surface area contributed by atoms with E-state index in [2.05, 4.69) is 15.2 Å². The molecule has 2 aromatic rings. The van der Waals surface area contributed by atoms with Crippen LogP contribution in [-0.2, 0) is 6.54 Å². The summed E-state index contributed by atoms with van der Waals surface area (Å²) in [5, 5.41) is 12.8. The van der Waals surface area contributed by atoms with Gasteiger partial charge in [0.05, 0.1) is 11.9 Å². The molecule has 0 unspecified atom stereocenters. The number of hydrogen-bond donors (Lipinski definition) is 2. The van der Waals surface area contributed by atoms with Gasteiger partial charge in [-0.05, 0) is 31.0 Å². The fourth-order valence-corrected chi connectivity index (χ4v) is 2.52. The van der Waals surface area contributed by atoms with Gasteiger partial charge in [0.2, 0.25) is 0 Å². The average Bonchev–Trinajstić information content (AvgIpc) is 3.04. The smallest absolute Gasteiger partial charge is 0.165 e. The third-order valence-electron chi connectivity index (χ3n) is 3.73. The van der Waals surface area contributed by atoms with Crippen LogP contribution in [0.15, 0.2) is 36.5 Å². The van der Waals surface area contributed by atoms with Crippen molar-refractivity contribution in [1.29, 1.82) is 0 Å². The third-order valence-corrected chi connectivity index (χ3v) is 3.73. The standard InChI is InChI=1S/C16H18FN3O/c17-14-5-3-4-12(16(14)21)10-18-13-6-7-15(19-11-13)20-8-1-2-9-20/h3-7,11,18,21H,1-2,8-10H2. The van der Waals surface area contributed by atoms with E-state index in [-0.39, 0.29) is 5.75 Å². The van der Waals surface area contributed by atoms with Crippen LogP contribution in [0.2, 0.25) is 0 Å². The SMILES string of the molecule is Oc1c(F)cccc1CNc1ccc(N2CCCC2)nc1. The number of aromatic hydroxyl groups is 1. The molecule has 110 valence electrons. The summed E-state index contributed by atoms with van der Waals surface area (Å²) >= 11 is 0. The van der Waals surface area contributed by atoms with Crippen molar-refractivity contribution in [2.24, 2.45) is 0 Å². The second-order valence-electron chi connectivity index (χ2n) is 5.20. The van der Waals surface area contributed by atoms with E-state index >= 15 is 0 Å². The van der Waals surface area contributed by atoms with Gasteiger partial charge in [-0.3, -0.25) is 0 Å². The number of anilines is 2. The van der Waals surface area contributed by atoms with Gasteiger partial charge in [-0.15, -0.1) is 0 Å². The highest BCUT2D eigenvalue weighted by atomic mass is 19.1. The van der Waals surface area contributed by atoms with Crippen LogP contribution < -0.4 is 10.2 Å². The first kappa shape index (κ1) is 13.7. The first-order valence-electron chi connectivity index (χ1n) is 7.15. The predicted molar refractivity (Wildman–Crippen MR) is 81.1 cm³/mol. The van der Waals surface area contributed by atoms with Crippen molar-refractivity contribution in [3.63, 3.8) is 0 Å². The van der Waals surface area contributed by atoms with Crippen LogP contribution in [0.3, 0.4) is 0 Å². The van der Waals surface area contributed by atoms with Crippen LogP contribution >= 0.6 is 0 Å². The first-order valence-corrected chi connectivity index (χ1v) is 7.15. The number of phenols is 1. The molecule has 0 saturated carbocycles. The molecule has 0 amide bonds. The van der Waals surface area contributed by atoms with Gasteiger partial charge in [-0.25, -0.2) is 9.37 Å². The normalized spacial score (nSPS) is 14.4. The number of aromatic nitrogens is 1. The van der Waals surface area contributed by atoms with E-state index in [9.17, 15) is 9.50 Å². The average molecular weight is 287 g/mol. The summed E-state index contributed by atoms with van der Waals surface area (Å²) < 4.78 is 13.2. The van der Waals surface area contributed by atoms with Crippen molar-refractivity contribution in [2.45, 2.75) is 19.4 Å². The fraction of sp³-hybridized carbons (Fsp3) is 0.312. The van der Waals surface area contributed by atoms with E-state index in [4.69, 9.17) is 0 Å². The van der Waals surface area contributed by atoms with E-state index in [1.165, 1.54) is 18.9 Å². The topological polar surface area (TPSA) is 48.4 Å². The maximum atomic E-state index is 13.2. The molecule has 0 spiro atoms. The van der Waals surface area contributed by atoms with Gasteiger partial charge in [-0.2, -0.15) is 0 Å². The van der Waals surface area contributed by atoms with Gasteiger partial charge < -0.3 is 15.3 Å². The van der Waals surface area contributed by atoms with Gasteiger partial charge in [-0.1, -0.05) is 12.1 Å². The Labute approximate surface area is 123 Å². The Bertz CT molecular complexity index is 609. The van der Waals surface area contributed by atoms with Crippen LogP contribution in [0.4, 0.5) is 15.9 Å². The Morgan fingerprint density at radius 2 is 2.00 bits per heavy atom. The monoisotopic (exact) mass is 287 g/mol. The maximum absolute atomic E-state index is 13.2. The predicted octanol–water partition coefficient (Wildman–Crippen LogP) is 3.14. The summed E-state index contributed by atoms with van der Waals surface area (Å²) in [7, 11) is 0. The van der Waals surface area contributed by atoms with Crippen molar-refractivity contribution < 1.29 is 9.50 Å². The lowest BCUT2D eigenvalue weighted by Gasteiger charge is -2.16. The molecule has 0 bridgehead atoms. The Balaban J connectivity index is 1.64. The van der Waals surface area contributed by atoms with E-state index in [1.807, 2.05) is 12.1 Å². The number of nitrogens with zero attached hydrogens (tertiary/aromatic N) is 2. The largest absolute Gasteiger partial charge is 0.505 e. The number of nitrogens with one attached hydrogen (secondary N) is 1. The molecular weight excluding hydrogens is 269 g/mol. The minimum absolute atomic E-state index is 0.299. The molecule has 1 saturated heterocycles. The summed E-state index contributed by atoms with van der Waals surface area (Å²) in [5.74, 6) is 0.0927. The van der Waals surface area contributed by atoms with Gasteiger partial charge in [0.25, 0.3) is 0 Å². The van der Waals surface area contributed by atoms with Gasteiger partial charge in [0, 0.05) is 25.2 Å². The number of hydrogen-bond acceptors (Lipinski definition) is 4. The molecule has 1 fully saturated rings. The van der Waals surface area contributed by atoms with Crippen LogP contribution in [0.25, 0.3) is 0 Å². The minimum atomic E-state index is -0.600. The lowest BCUT2D eigenvalue weighted by atomic mass is 10.2. The summed E-state index contributed by atoms with van der Waals surface area (Å²) in [6, 6.07) is 8.46. The van der Waals surface area contributed by atoms with E-state index < -0.39 is 5.82 Å². The maximum Gasteiger partial charge on any atom is 0.165 e. The van der Waals surface area contributed by atoms with E-state index in [0.717, 1.165) is 24.6 Å². The number of pyridine rings is 1. The Morgan fingerprint density at radius 1 is 1.19 bits per heavy atom. The molecule has 2 heterocycles. The highest BCUT2D eigenvalue weighted by molar-refractivity contribution is 5.50. The molecule has 1 aliphatic rings. The quantitative estimate of drug-likeness (QED) is 0.907. The third kappa shape index (κ3) is 3.07. The van der Waals surface area contributed by atoms with Crippen molar-refractivity contribution in [1.82, 2.24) is 4.98 Å². The second-order valence-corrected chi connectivity index (χ2v) is 5.20. The molecule has 1 aromatic carbocycles. The van der Waals surface area contributed by atoms with Crippen molar-refractivity contribution in [3.8, 4) is 5.75 Å². The summed E-state index contributed by atoms with van der Waals surface area (Å²) in [4.78, 5) is 6.71. The van der Waals surface area contributed by atoms with Crippen molar-refractivity contribution >= 4 is 11.5 Å². The molecule has 5 heteroatoms. The number of benzene rings is 1. The van der Waals surface area contributed by atoms with Crippen LogP contribution in [0, 0.1) is 5.82 Å². The van der Waals surface area contributed by atoms with E-state index in [0.29, 0.717) is 12.1 Å². The summed E-state index contributed by atoms with van der Waals surface area (Å²) in [6.07, 6.45) is 4.21. The molecule has 0 atom stereocenters. The molecule has 1 aliphatic heterocycles. The van der Waals surface area contributed by atoms with Gasteiger partial charge in [0.1, 0.15) is 5.82 Å². The second kappa shape index (κ2) is 5.99. The highest BCUT2D eigenvalue weighted by Crippen LogP contribution is 2.23. The van der Waals surface area contributed by atoms with Gasteiger partial charge in [0.15, 0.2) is 11.6 Å². The Kier molecular flexibility index (Phi) is 3.90. The summed E-state index contributed by atoms with van der Waals surface area (Å²) in [5.41, 5.74) is 1.38. The minimum Gasteiger partial charge on any atom is -0.505 e. The lowest BCUT2D eigenvalue weighted by Crippen LogP contribution is -2.18. The highest BCUT2D eigenvalue weighted by Gasteiger charge is 2.13. The zero-order valence-electron chi connectivity index (χ0n) is 11.7. The molecule has 21 heavy (non-hydrogen) atoms. The van der Waals surface area contributed by atoms with E-state index in [1.54, 1.807) is 18.3 Å². The zero-order valence-corrected chi connectivity index (χ0v) is 11.7. The van der Waals surface area contributed by atoms with Crippen LogP contribution in [-0.4, -0.2) is 23.2 Å². The molecule has 3 rings (SSSR count). The first-order chi connectivity index (χ1) is 10.2. The number of phenolic OH excluding ortho intramolecular Hbond substituents is 1. The molecular formula is C16H18FN3O.